The molecule has 0 spiro atoms. The molecule has 4 nitrogen and oxygen atoms in total. The second kappa shape index (κ2) is 6.23. The predicted octanol–water partition coefficient (Wildman–Crippen LogP) is 3.62. The highest BCUT2D eigenvalue weighted by Crippen LogP contribution is 2.21. The normalized spacial score (nSPS) is 10.8. The van der Waals surface area contributed by atoms with Gasteiger partial charge in [-0.2, -0.15) is 0 Å². The number of carbonyl (C=O) groups is 1. The van der Waals surface area contributed by atoms with E-state index in [9.17, 15) is 18.4 Å². The quantitative estimate of drug-likeness (QED) is 0.771. The van der Waals surface area contributed by atoms with E-state index in [2.05, 4.69) is 10.3 Å². The lowest BCUT2D eigenvalue weighted by atomic mass is 10.1. The third-order valence-corrected chi connectivity index (χ3v) is 3.75. The lowest BCUT2D eigenvalue weighted by Crippen LogP contribution is -2.13. The number of hydrogen-bond donors (Lipinski definition) is 2. The lowest BCUT2D eigenvalue weighted by molar-refractivity contribution is 0.102. The van der Waals surface area contributed by atoms with Crippen molar-refractivity contribution in [2.75, 3.05) is 5.32 Å². The number of rotatable bonds is 3. The number of carbonyl (C=O) groups excluding carboxylic acids is 1. The summed E-state index contributed by atoms with van der Waals surface area (Å²) >= 11 is 0. The van der Waals surface area contributed by atoms with E-state index in [1.807, 2.05) is 6.92 Å². The molecule has 6 heteroatoms. The van der Waals surface area contributed by atoms with Crippen molar-refractivity contribution in [3.05, 3.63) is 75.6 Å². The SMILES string of the molecule is CCc1cc(=O)[nH]c2cc(NC(=O)c3ccc(F)c(F)c3)ccc12. The van der Waals surface area contributed by atoms with Gasteiger partial charge < -0.3 is 10.3 Å². The zero-order valence-electron chi connectivity index (χ0n) is 12.8. The Morgan fingerprint density at radius 1 is 1.08 bits per heavy atom. The van der Waals surface area contributed by atoms with Gasteiger partial charge in [0, 0.05) is 22.7 Å². The molecule has 1 heterocycles. The minimum absolute atomic E-state index is 0.00444. The summed E-state index contributed by atoms with van der Waals surface area (Å²) in [4.78, 5) is 26.5. The maximum absolute atomic E-state index is 13.2. The molecule has 24 heavy (non-hydrogen) atoms. The number of anilines is 1. The molecule has 3 aromatic rings. The van der Waals surface area contributed by atoms with Gasteiger partial charge in [0.05, 0.1) is 5.52 Å². The van der Waals surface area contributed by atoms with Crippen LogP contribution in [0.25, 0.3) is 10.9 Å². The summed E-state index contributed by atoms with van der Waals surface area (Å²) < 4.78 is 26.2. The van der Waals surface area contributed by atoms with Gasteiger partial charge in [0.15, 0.2) is 11.6 Å². The van der Waals surface area contributed by atoms with Gasteiger partial charge in [0.2, 0.25) is 5.56 Å². The number of aryl methyl sites for hydroxylation is 1. The molecule has 0 saturated carbocycles. The topological polar surface area (TPSA) is 62.0 Å². The molecule has 2 aromatic carbocycles. The Hall–Kier alpha value is -3.02. The molecular formula is C18H14F2N2O2. The van der Waals surface area contributed by atoms with E-state index < -0.39 is 17.5 Å². The number of amides is 1. The number of nitrogens with one attached hydrogen (secondary N) is 2. The van der Waals surface area contributed by atoms with E-state index >= 15 is 0 Å². The Morgan fingerprint density at radius 2 is 1.88 bits per heavy atom. The monoisotopic (exact) mass is 328 g/mol. The number of halogens is 2. The molecule has 2 N–H and O–H groups in total. The average molecular weight is 328 g/mol. The van der Waals surface area contributed by atoms with Crippen LogP contribution in [0.5, 0.6) is 0 Å². The first kappa shape index (κ1) is 15.9. The number of hydrogen-bond acceptors (Lipinski definition) is 2. The van der Waals surface area contributed by atoms with Crippen molar-refractivity contribution in [2.24, 2.45) is 0 Å². The van der Waals surface area contributed by atoms with Crippen LogP contribution < -0.4 is 10.9 Å². The minimum Gasteiger partial charge on any atom is -0.322 e. The maximum atomic E-state index is 13.2. The summed E-state index contributed by atoms with van der Waals surface area (Å²) in [5.74, 6) is -2.66. The molecule has 1 amide bonds. The number of H-pyrrole nitrogens is 1. The fourth-order valence-electron chi connectivity index (χ4n) is 2.54. The molecule has 0 fully saturated rings. The van der Waals surface area contributed by atoms with Crippen molar-refractivity contribution in [2.45, 2.75) is 13.3 Å². The van der Waals surface area contributed by atoms with Crippen molar-refractivity contribution in [1.29, 1.82) is 0 Å². The molecule has 1 aromatic heterocycles. The summed E-state index contributed by atoms with van der Waals surface area (Å²) in [6, 6.07) is 9.60. The summed E-state index contributed by atoms with van der Waals surface area (Å²) in [6.45, 7) is 1.95. The highest BCUT2D eigenvalue weighted by molar-refractivity contribution is 6.05. The molecule has 0 aliphatic rings. The fraction of sp³-hybridized carbons (Fsp3) is 0.111. The third kappa shape index (κ3) is 3.03. The largest absolute Gasteiger partial charge is 0.322 e. The first-order valence-corrected chi connectivity index (χ1v) is 7.40. The van der Waals surface area contributed by atoms with Crippen molar-refractivity contribution < 1.29 is 13.6 Å². The van der Waals surface area contributed by atoms with Gasteiger partial charge in [0.1, 0.15) is 0 Å². The van der Waals surface area contributed by atoms with Gasteiger partial charge in [-0.3, -0.25) is 9.59 Å². The Bertz CT molecular complexity index is 996. The van der Waals surface area contributed by atoms with Crippen LogP contribution >= 0.6 is 0 Å². The van der Waals surface area contributed by atoms with Crippen LogP contribution in [0.15, 0.2) is 47.3 Å². The fourth-order valence-corrected chi connectivity index (χ4v) is 2.54. The van der Waals surface area contributed by atoms with Gasteiger partial charge in [-0.25, -0.2) is 8.78 Å². The summed E-state index contributed by atoms with van der Waals surface area (Å²) in [5, 5.41) is 3.50. The van der Waals surface area contributed by atoms with Crippen LogP contribution in [0.1, 0.15) is 22.8 Å². The average Bonchev–Trinajstić information content (AvgIpc) is 2.56. The molecule has 0 radical (unpaired) electrons. The van der Waals surface area contributed by atoms with Crippen LogP contribution in [-0.4, -0.2) is 10.9 Å². The van der Waals surface area contributed by atoms with Crippen molar-refractivity contribution in [3.8, 4) is 0 Å². The Kier molecular flexibility index (Phi) is 4.12. The third-order valence-electron chi connectivity index (χ3n) is 3.75. The molecule has 0 atom stereocenters. The highest BCUT2D eigenvalue weighted by atomic mass is 19.2. The van der Waals surface area contributed by atoms with Crippen molar-refractivity contribution in [1.82, 2.24) is 4.98 Å². The second-order valence-corrected chi connectivity index (χ2v) is 5.36. The molecule has 0 unspecified atom stereocenters. The molecule has 0 aliphatic carbocycles. The molecule has 122 valence electrons. The summed E-state index contributed by atoms with van der Waals surface area (Å²) in [7, 11) is 0. The van der Waals surface area contributed by atoms with Gasteiger partial charge in [-0.05, 0) is 42.3 Å². The molecule has 3 rings (SSSR count). The van der Waals surface area contributed by atoms with E-state index in [1.54, 1.807) is 24.3 Å². The van der Waals surface area contributed by atoms with Crippen LogP contribution in [0.4, 0.5) is 14.5 Å². The first-order chi connectivity index (χ1) is 11.5. The molecule has 0 bridgehead atoms. The van der Waals surface area contributed by atoms with Crippen LogP contribution in [0.2, 0.25) is 0 Å². The number of aromatic amines is 1. The zero-order valence-corrected chi connectivity index (χ0v) is 12.8. The maximum Gasteiger partial charge on any atom is 0.255 e. The molecule has 0 saturated heterocycles. The number of fused-ring (bicyclic) bond motifs is 1. The lowest BCUT2D eigenvalue weighted by Gasteiger charge is -2.09. The van der Waals surface area contributed by atoms with Crippen LogP contribution in [0, 0.1) is 11.6 Å². The predicted molar refractivity (Wildman–Crippen MR) is 88.3 cm³/mol. The first-order valence-electron chi connectivity index (χ1n) is 7.40. The number of benzene rings is 2. The zero-order chi connectivity index (χ0) is 17.3. The summed E-state index contributed by atoms with van der Waals surface area (Å²) in [5.41, 5.74) is 1.74. The van der Waals surface area contributed by atoms with Gasteiger partial charge >= 0.3 is 0 Å². The smallest absolute Gasteiger partial charge is 0.255 e. The number of pyridine rings is 1. The van der Waals surface area contributed by atoms with Crippen molar-refractivity contribution >= 4 is 22.5 Å². The molecule has 0 aliphatic heterocycles. The van der Waals surface area contributed by atoms with Crippen LogP contribution in [0.3, 0.4) is 0 Å². The van der Waals surface area contributed by atoms with E-state index in [4.69, 9.17) is 0 Å². The van der Waals surface area contributed by atoms with E-state index in [0.717, 1.165) is 23.1 Å². The van der Waals surface area contributed by atoms with Crippen LogP contribution in [-0.2, 0) is 6.42 Å². The molecular weight excluding hydrogens is 314 g/mol. The Balaban J connectivity index is 1.93. The second-order valence-electron chi connectivity index (χ2n) is 5.36. The Morgan fingerprint density at radius 3 is 2.58 bits per heavy atom. The Labute approximate surface area is 136 Å². The minimum atomic E-state index is -1.09. The van der Waals surface area contributed by atoms with Gasteiger partial charge in [-0.1, -0.05) is 13.0 Å². The summed E-state index contributed by atoms with van der Waals surface area (Å²) in [6.07, 6.45) is 0.709. The van der Waals surface area contributed by atoms with E-state index in [1.165, 1.54) is 6.07 Å². The van der Waals surface area contributed by atoms with Gasteiger partial charge in [0.25, 0.3) is 5.91 Å². The van der Waals surface area contributed by atoms with Gasteiger partial charge in [-0.15, -0.1) is 0 Å². The van der Waals surface area contributed by atoms with E-state index in [-0.39, 0.29) is 11.1 Å². The highest BCUT2D eigenvalue weighted by Gasteiger charge is 2.11. The number of aromatic nitrogens is 1. The standard InChI is InChI=1S/C18H14F2N2O2/c1-2-10-8-17(23)22-16-9-12(4-5-13(10)16)21-18(24)11-3-6-14(19)15(20)7-11/h3-9H,2H2,1H3,(H,21,24)(H,22,23). The van der Waals surface area contributed by atoms with Crippen molar-refractivity contribution in [3.63, 3.8) is 0 Å². The van der Waals surface area contributed by atoms with E-state index in [0.29, 0.717) is 17.6 Å².